The highest BCUT2D eigenvalue weighted by molar-refractivity contribution is 5.75. The monoisotopic (exact) mass is 408 g/mol. The van der Waals surface area contributed by atoms with Crippen molar-refractivity contribution in [1.82, 2.24) is 20.4 Å². The van der Waals surface area contributed by atoms with Gasteiger partial charge in [0.1, 0.15) is 17.5 Å². The number of urea groups is 1. The Morgan fingerprint density at radius 3 is 2.90 bits per heavy atom. The zero-order valence-electron chi connectivity index (χ0n) is 17.0. The number of carbonyl (C=O) groups excluding carboxylic acids is 1. The maximum atomic E-state index is 12.8. The van der Waals surface area contributed by atoms with E-state index in [-0.39, 0.29) is 12.1 Å². The average Bonchev–Trinajstić information content (AvgIpc) is 3.47. The number of carbonyl (C=O) groups is 1. The zero-order valence-corrected chi connectivity index (χ0v) is 17.0. The van der Waals surface area contributed by atoms with Gasteiger partial charge in [0.05, 0.1) is 19.8 Å². The van der Waals surface area contributed by atoms with Crippen LogP contribution in [-0.4, -0.2) is 41.8 Å². The van der Waals surface area contributed by atoms with Crippen LogP contribution in [0, 0.1) is 0 Å². The first kappa shape index (κ1) is 19.8. The molecule has 1 aliphatic heterocycles. The standard InChI is InChI=1S/C22H24N4O4/c1-28-16-8-5-7-15(13-16)14-23-22(27)26-12-6-10-18(26)21-24-20(25-30-21)17-9-3-4-11-19(17)29-2/h3-5,7-9,11,13,18H,6,10,12,14H2,1-2H3,(H,23,27)/t18-/m0/s1. The van der Waals surface area contributed by atoms with Crippen LogP contribution in [0.1, 0.15) is 30.3 Å². The number of methoxy groups -OCH3 is 2. The second-order valence-corrected chi connectivity index (χ2v) is 7.02. The van der Waals surface area contributed by atoms with Gasteiger partial charge >= 0.3 is 6.03 Å². The second kappa shape index (κ2) is 8.86. The number of benzene rings is 2. The summed E-state index contributed by atoms with van der Waals surface area (Å²) in [6.45, 7) is 1.05. The van der Waals surface area contributed by atoms with Crippen LogP contribution in [0.5, 0.6) is 11.5 Å². The second-order valence-electron chi connectivity index (χ2n) is 7.02. The normalized spacial score (nSPS) is 15.8. The molecule has 0 spiro atoms. The number of hydrogen-bond donors (Lipinski definition) is 1. The van der Waals surface area contributed by atoms with Crippen LogP contribution in [0.2, 0.25) is 0 Å². The maximum absolute atomic E-state index is 12.8. The van der Waals surface area contributed by atoms with Gasteiger partial charge in [-0.1, -0.05) is 29.4 Å². The molecule has 4 rings (SSSR count). The van der Waals surface area contributed by atoms with Crippen LogP contribution in [0.4, 0.5) is 4.79 Å². The molecule has 2 heterocycles. The first-order valence-electron chi connectivity index (χ1n) is 9.84. The van der Waals surface area contributed by atoms with E-state index in [0.29, 0.717) is 30.6 Å². The summed E-state index contributed by atoms with van der Waals surface area (Å²) < 4.78 is 16.1. The number of nitrogens with one attached hydrogen (secondary N) is 1. The fraction of sp³-hybridized carbons (Fsp3) is 0.318. The summed E-state index contributed by atoms with van der Waals surface area (Å²) in [4.78, 5) is 19.1. The Labute approximate surface area is 174 Å². The number of ether oxygens (including phenoxy) is 2. The quantitative estimate of drug-likeness (QED) is 0.667. The van der Waals surface area contributed by atoms with E-state index >= 15 is 0 Å². The lowest BCUT2D eigenvalue weighted by Gasteiger charge is -2.22. The van der Waals surface area contributed by atoms with Crippen molar-refractivity contribution >= 4 is 6.03 Å². The molecule has 0 saturated carbocycles. The minimum absolute atomic E-state index is 0.155. The van der Waals surface area contributed by atoms with Gasteiger partial charge in [-0.25, -0.2) is 4.79 Å². The lowest BCUT2D eigenvalue weighted by atomic mass is 10.2. The van der Waals surface area contributed by atoms with E-state index in [2.05, 4.69) is 15.5 Å². The Hall–Kier alpha value is -3.55. The van der Waals surface area contributed by atoms with E-state index in [1.165, 1.54) is 0 Å². The molecule has 3 aromatic rings. The lowest BCUT2D eigenvalue weighted by molar-refractivity contribution is 0.180. The van der Waals surface area contributed by atoms with Gasteiger partial charge in [0.2, 0.25) is 11.7 Å². The molecule has 2 amide bonds. The molecule has 1 fully saturated rings. The third kappa shape index (κ3) is 4.07. The zero-order chi connectivity index (χ0) is 20.9. The van der Waals surface area contributed by atoms with Gasteiger partial charge in [0, 0.05) is 13.1 Å². The summed E-state index contributed by atoms with van der Waals surface area (Å²) in [5, 5.41) is 7.08. The van der Waals surface area contributed by atoms with Crippen LogP contribution in [-0.2, 0) is 6.54 Å². The Morgan fingerprint density at radius 2 is 2.07 bits per heavy atom. The van der Waals surface area contributed by atoms with Crippen molar-refractivity contribution in [1.29, 1.82) is 0 Å². The SMILES string of the molecule is COc1cccc(CNC(=O)N2CCC[C@H]2c2nc(-c3ccccc3OC)no2)c1. The number of aromatic nitrogens is 2. The van der Waals surface area contributed by atoms with Gasteiger partial charge in [-0.15, -0.1) is 0 Å². The highest BCUT2D eigenvalue weighted by Gasteiger charge is 2.34. The predicted octanol–water partition coefficient (Wildman–Crippen LogP) is 3.80. The highest BCUT2D eigenvalue weighted by Crippen LogP contribution is 2.33. The summed E-state index contributed by atoms with van der Waals surface area (Å²) in [5.41, 5.74) is 1.72. The topological polar surface area (TPSA) is 89.7 Å². The van der Waals surface area contributed by atoms with Crippen molar-refractivity contribution in [2.24, 2.45) is 0 Å². The minimum Gasteiger partial charge on any atom is -0.497 e. The summed E-state index contributed by atoms with van der Waals surface area (Å²) in [5.74, 6) is 2.32. The van der Waals surface area contributed by atoms with Gasteiger partial charge in [0.25, 0.3) is 0 Å². The van der Waals surface area contributed by atoms with Crippen LogP contribution in [0.25, 0.3) is 11.4 Å². The van der Waals surface area contributed by atoms with E-state index in [4.69, 9.17) is 14.0 Å². The van der Waals surface area contributed by atoms with E-state index in [1.54, 1.807) is 19.1 Å². The van der Waals surface area contributed by atoms with Crippen LogP contribution in [0.15, 0.2) is 53.1 Å². The van der Waals surface area contributed by atoms with Crippen molar-refractivity contribution in [2.75, 3.05) is 20.8 Å². The molecule has 1 saturated heterocycles. The van der Waals surface area contributed by atoms with Gasteiger partial charge in [-0.05, 0) is 42.7 Å². The number of rotatable bonds is 6. The molecule has 8 nitrogen and oxygen atoms in total. The number of para-hydroxylation sites is 1. The van der Waals surface area contributed by atoms with Crippen molar-refractivity contribution < 1.29 is 18.8 Å². The van der Waals surface area contributed by atoms with Crippen molar-refractivity contribution in [3.63, 3.8) is 0 Å². The molecule has 0 unspecified atom stereocenters. The Kier molecular flexibility index (Phi) is 5.83. The van der Waals surface area contributed by atoms with Gasteiger partial charge < -0.3 is 24.2 Å². The van der Waals surface area contributed by atoms with Crippen LogP contribution >= 0.6 is 0 Å². The molecule has 1 N–H and O–H groups in total. The Bertz CT molecular complexity index is 1020. The molecule has 1 aliphatic rings. The van der Waals surface area contributed by atoms with E-state index in [1.807, 2.05) is 48.5 Å². The van der Waals surface area contributed by atoms with Crippen molar-refractivity contribution in [3.8, 4) is 22.9 Å². The summed E-state index contributed by atoms with van der Waals surface area (Å²) in [7, 11) is 3.22. The maximum Gasteiger partial charge on any atom is 0.318 e. The largest absolute Gasteiger partial charge is 0.497 e. The molecule has 1 aromatic heterocycles. The molecule has 0 bridgehead atoms. The summed E-state index contributed by atoms with van der Waals surface area (Å²) in [6, 6.07) is 14.7. The third-order valence-corrected chi connectivity index (χ3v) is 5.17. The van der Waals surface area contributed by atoms with Crippen LogP contribution < -0.4 is 14.8 Å². The molecule has 8 heteroatoms. The number of amides is 2. The molecular weight excluding hydrogens is 384 g/mol. The molecule has 1 atom stereocenters. The minimum atomic E-state index is -0.244. The number of likely N-dealkylation sites (tertiary alicyclic amines) is 1. The van der Waals surface area contributed by atoms with Gasteiger partial charge in [-0.3, -0.25) is 0 Å². The van der Waals surface area contributed by atoms with E-state index in [9.17, 15) is 4.79 Å². The van der Waals surface area contributed by atoms with Crippen molar-refractivity contribution in [3.05, 3.63) is 60.0 Å². The fourth-order valence-electron chi connectivity index (χ4n) is 3.64. The van der Waals surface area contributed by atoms with Crippen molar-refractivity contribution in [2.45, 2.75) is 25.4 Å². The predicted molar refractivity (Wildman–Crippen MR) is 110 cm³/mol. The lowest BCUT2D eigenvalue weighted by Crippen LogP contribution is -2.39. The van der Waals surface area contributed by atoms with Crippen LogP contribution in [0.3, 0.4) is 0 Å². The molecule has 30 heavy (non-hydrogen) atoms. The molecule has 156 valence electrons. The number of nitrogens with zero attached hydrogens (tertiary/aromatic N) is 3. The first-order chi connectivity index (χ1) is 14.7. The van der Waals surface area contributed by atoms with E-state index in [0.717, 1.165) is 29.7 Å². The smallest absolute Gasteiger partial charge is 0.318 e. The summed E-state index contributed by atoms with van der Waals surface area (Å²) in [6.07, 6.45) is 1.66. The highest BCUT2D eigenvalue weighted by atomic mass is 16.5. The first-order valence-corrected chi connectivity index (χ1v) is 9.84. The molecule has 0 aliphatic carbocycles. The van der Waals surface area contributed by atoms with E-state index < -0.39 is 0 Å². The Balaban J connectivity index is 1.46. The summed E-state index contributed by atoms with van der Waals surface area (Å²) >= 11 is 0. The average molecular weight is 408 g/mol. The van der Waals surface area contributed by atoms with Gasteiger partial charge in [0.15, 0.2) is 0 Å². The van der Waals surface area contributed by atoms with Gasteiger partial charge in [-0.2, -0.15) is 4.98 Å². The molecule has 2 aromatic carbocycles. The third-order valence-electron chi connectivity index (χ3n) is 5.17. The molecule has 0 radical (unpaired) electrons. The number of hydrogen-bond acceptors (Lipinski definition) is 6. The molecular formula is C22H24N4O4. The Morgan fingerprint density at radius 1 is 1.20 bits per heavy atom. The fourth-order valence-corrected chi connectivity index (χ4v) is 3.64.